The van der Waals surface area contributed by atoms with E-state index in [1.807, 2.05) is 32.2 Å². The Hall–Kier alpha value is -1.81. The van der Waals surface area contributed by atoms with Gasteiger partial charge in [0.15, 0.2) is 5.78 Å². The fourth-order valence-corrected chi connectivity index (χ4v) is 4.06. The highest BCUT2D eigenvalue weighted by Crippen LogP contribution is 2.30. The highest BCUT2D eigenvalue weighted by molar-refractivity contribution is 6.10. The van der Waals surface area contributed by atoms with Gasteiger partial charge in [0.05, 0.1) is 13.7 Å². The lowest BCUT2D eigenvalue weighted by Crippen LogP contribution is -2.46. The van der Waals surface area contributed by atoms with E-state index in [9.17, 15) is 4.79 Å². The molecule has 1 aromatic carbocycles. The van der Waals surface area contributed by atoms with Crippen LogP contribution in [0.2, 0.25) is 0 Å². The van der Waals surface area contributed by atoms with E-state index in [0.717, 1.165) is 27.9 Å². The number of carbonyl (C=O) groups is 1. The molecule has 130 valence electrons. The number of aryl methyl sites for hydroxylation is 1. The summed E-state index contributed by atoms with van der Waals surface area (Å²) in [5.74, 6) is 1.01. The molecule has 1 fully saturated rings. The third-order valence-corrected chi connectivity index (χ3v) is 5.68. The fourth-order valence-electron chi connectivity index (χ4n) is 4.06. The standard InChI is InChI=1S/C20H28N2O2/c1-13-7-6-8-14(2)22(13)12-19(23)20-15(3)21(4)18-10-9-16(24-5)11-17(18)20/h9-11,13-14H,6-8,12H2,1-5H3/t13-,14-/m1/s1. The molecule has 2 heterocycles. The molecule has 4 nitrogen and oxygen atoms in total. The first kappa shape index (κ1) is 17.0. The van der Waals surface area contributed by atoms with Crippen LogP contribution in [0.25, 0.3) is 10.9 Å². The second-order valence-corrected chi connectivity index (χ2v) is 7.13. The predicted octanol–water partition coefficient (Wildman–Crippen LogP) is 3.94. The number of ketones is 1. The first-order valence-corrected chi connectivity index (χ1v) is 8.86. The second-order valence-electron chi connectivity index (χ2n) is 7.13. The van der Waals surface area contributed by atoms with Crippen LogP contribution in [0.1, 0.15) is 49.2 Å². The Morgan fingerprint density at radius 3 is 2.54 bits per heavy atom. The van der Waals surface area contributed by atoms with E-state index in [0.29, 0.717) is 18.6 Å². The molecule has 1 aromatic heterocycles. The normalized spacial score (nSPS) is 22.0. The summed E-state index contributed by atoms with van der Waals surface area (Å²) >= 11 is 0. The summed E-state index contributed by atoms with van der Waals surface area (Å²) in [4.78, 5) is 15.5. The van der Waals surface area contributed by atoms with Gasteiger partial charge in [-0.3, -0.25) is 9.69 Å². The Balaban J connectivity index is 1.98. The first-order chi connectivity index (χ1) is 11.4. The minimum Gasteiger partial charge on any atom is -0.497 e. The second kappa shape index (κ2) is 6.60. The summed E-state index contributed by atoms with van der Waals surface area (Å²) in [6, 6.07) is 6.91. The van der Waals surface area contributed by atoms with E-state index in [1.54, 1.807) is 7.11 Å². The van der Waals surface area contributed by atoms with Crippen LogP contribution < -0.4 is 4.74 Å². The Labute approximate surface area is 144 Å². The molecule has 0 bridgehead atoms. The van der Waals surface area contributed by atoms with Gasteiger partial charge in [-0.15, -0.1) is 0 Å². The van der Waals surface area contributed by atoms with Crippen molar-refractivity contribution >= 4 is 16.7 Å². The maximum atomic E-state index is 13.2. The number of Topliss-reactive ketones (excluding diaryl/α,β-unsaturated/α-hetero) is 1. The zero-order valence-electron chi connectivity index (χ0n) is 15.4. The van der Waals surface area contributed by atoms with Gasteiger partial charge >= 0.3 is 0 Å². The Morgan fingerprint density at radius 1 is 1.25 bits per heavy atom. The number of methoxy groups -OCH3 is 1. The van der Waals surface area contributed by atoms with Gasteiger partial charge in [-0.25, -0.2) is 0 Å². The van der Waals surface area contributed by atoms with Gasteiger partial charge in [0, 0.05) is 41.3 Å². The quantitative estimate of drug-likeness (QED) is 0.797. The van der Waals surface area contributed by atoms with Crippen molar-refractivity contribution in [2.24, 2.45) is 7.05 Å². The number of aromatic nitrogens is 1. The molecular weight excluding hydrogens is 300 g/mol. The summed E-state index contributed by atoms with van der Waals surface area (Å²) in [5.41, 5.74) is 2.95. The van der Waals surface area contributed by atoms with Crippen molar-refractivity contribution in [3.63, 3.8) is 0 Å². The molecule has 0 saturated carbocycles. The number of fused-ring (bicyclic) bond motifs is 1. The number of nitrogens with zero attached hydrogens (tertiary/aromatic N) is 2. The zero-order valence-corrected chi connectivity index (χ0v) is 15.4. The number of rotatable bonds is 4. The van der Waals surface area contributed by atoms with Gasteiger partial charge in [-0.2, -0.15) is 0 Å². The largest absolute Gasteiger partial charge is 0.497 e. The third-order valence-electron chi connectivity index (χ3n) is 5.68. The van der Waals surface area contributed by atoms with E-state index in [4.69, 9.17) is 4.74 Å². The number of carbonyl (C=O) groups excluding carboxylic acids is 1. The van der Waals surface area contributed by atoms with Crippen LogP contribution in [-0.4, -0.2) is 41.0 Å². The van der Waals surface area contributed by atoms with E-state index < -0.39 is 0 Å². The van der Waals surface area contributed by atoms with Crippen molar-refractivity contribution in [1.82, 2.24) is 9.47 Å². The summed E-state index contributed by atoms with van der Waals surface area (Å²) in [6.07, 6.45) is 3.62. The number of hydrogen-bond acceptors (Lipinski definition) is 3. The van der Waals surface area contributed by atoms with E-state index >= 15 is 0 Å². The molecule has 0 amide bonds. The van der Waals surface area contributed by atoms with Crippen molar-refractivity contribution in [1.29, 1.82) is 0 Å². The van der Waals surface area contributed by atoms with E-state index in [-0.39, 0.29) is 5.78 Å². The summed E-state index contributed by atoms with van der Waals surface area (Å²) in [7, 11) is 3.68. The van der Waals surface area contributed by atoms with Crippen LogP contribution in [0, 0.1) is 6.92 Å². The van der Waals surface area contributed by atoms with Crippen molar-refractivity contribution in [2.75, 3.05) is 13.7 Å². The van der Waals surface area contributed by atoms with Crippen LogP contribution in [-0.2, 0) is 7.05 Å². The SMILES string of the molecule is COc1ccc2c(c1)c(C(=O)CN1[C@H](C)CCC[C@H]1C)c(C)n2C. The average molecular weight is 328 g/mol. The smallest absolute Gasteiger partial charge is 0.179 e. The maximum absolute atomic E-state index is 13.2. The number of benzene rings is 1. The number of hydrogen-bond donors (Lipinski definition) is 0. The monoisotopic (exact) mass is 328 g/mol. The van der Waals surface area contributed by atoms with Crippen molar-refractivity contribution in [3.8, 4) is 5.75 Å². The molecule has 2 aromatic rings. The van der Waals surface area contributed by atoms with Gasteiger partial charge in [0.25, 0.3) is 0 Å². The van der Waals surface area contributed by atoms with E-state index in [2.05, 4.69) is 23.3 Å². The van der Waals surface area contributed by atoms with Crippen LogP contribution in [0.3, 0.4) is 0 Å². The Kier molecular flexibility index (Phi) is 4.68. The van der Waals surface area contributed by atoms with Crippen molar-refractivity contribution in [3.05, 3.63) is 29.5 Å². The first-order valence-electron chi connectivity index (χ1n) is 8.86. The Bertz CT molecular complexity index is 753. The highest BCUT2D eigenvalue weighted by Gasteiger charge is 2.28. The van der Waals surface area contributed by atoms with Crippen LogP contribution in [0.4, 0.5) is 0 Å². The molecule has 4 heteroatoms. The molecule has 1 aliphatic heterocycles. The molecule has 0 radical (unpaired) electrons. The van der Waals surface area contributed by atoms with E-state index in [1.165, 1.54) is 19.3 Å². The minimum absolute atomic E-state index is 0.215. The molecule has 24 heavy (non-hydrogen) atoms. The van der Waals surface area contributed by atoms with Crippen molar-refractivity contribution in [2.45, 2.75) is 52.1 Å². The highest BCUT2D eigenvalue weighted by atomic mass is 16.5. The molecule has 0 aliphatic carbocycles. The predicted molar refractivity (Wildman–Crippen MR) is 98.0 cm³/mol. The lowest BCUT2D eigenvalue weighted by atomic mass is 9.96. The van der Waals surface area contributed by atoms with Gasteiger partial charge < -0.3 is 9.30 Å². The molecule has 0 N–H and O–H groups in total. The molecule has 0 unspecified atom stereocenters. The fraction of sp³-hybridized carbons (Fsp3) is 0.550. The lowest BCUT2D eigenvalue weighted by molar-refractivity contribution is 0.0735. The third kappa shape index (κ3) is 2.84. The number of ether oxygens (including phenoxy) is 1. The van der Waals surface area contributed by atoms with Crippen molar-refractivity contribution < 1.29 is 9.53 Å². The Morgan fingerprint density at radius 2 is 1.92 bits per heavy atom. The van der Waals surface area contributed by atoms with Gasteiger partial charge in [-0.1, -0.05) is 6.42 Å². The van der Waals surface area contributed by atoms with Crippen LogP contribution in [0.15, 0.2) is 18.2 Å². The van der Waals surface area contributed by atoms with Gasteiger partial charge in [0.2, 0.25) is 0 Å². The maximum Gasteiger partial charge on any atom is 0.179 e. The molecule has 1 aliphatic rings. The van der Waals surface area contributed by atoms with Gasteiger partial charge in [-0.05, 0) is 51.8 Å². The molecule has 3 rings (SSSR count). The molecule has 2 atom stereocenters. The minimum atomic E-state index is 0.215. The van der Waals surface area contributed by atoms with Crippen LogP contribution >= 0.6 is 0 Å². The van der Waals surface area contributed by atoms with Gasteiger partial charge in [0.1, 0.15) is 5.75 Å². The molecular formula is C20H28N2O2. The summed E-state index contributed by atoms with van der Waals surface area (Å²) in [6.45, 7) is 7.01. The summed E-state index contributed by atoms with van der Waals surface area (Å²) < 4.78 is 7.46. The lowest BCUT2D eigenvalue weighted by Gasteiger charge is -2.38. The number of likely N-dealkylation sites (tertiary alicyclic amines) is 1. The summed E-state index contributed by atoms with van der Waals surface area (Å²) in [5, 5.41) is 0.997. The zero-order chi connectivity index (χ0) is 17.4. The topological polar surface area (TPSA) is 34.5 Å². The van der Waals surface area contributed by atoms with Crippen LogP contribution in [0.5, 0.6) is 5.75 Å². The molecule has 0 spiro atoms. The average Bonchev–Trinajstić information content (AvgIpc) is 2.81. The molecule has 1 saturated heterocycles. The number of piperidine rings is 1.